The summed E-state index contributed by atoms with van der Waals surface area (Å²) in [5, 5.41) is 43.8. The second-order valence-electron chi connectivity index (χ2n) is 28.2. The third-order valence-corrected chi connectivity index (χ3v) is 23.1. The summed E-state index contributed by atoms with van der Waals surface area (Å²) in [7, 11) is -1.44. The topological polar surface area (TPSA) is 235 Å². The monoisotopic (exact) mass is 1380 g/mol. The number of para-hydroxylation sites is 3. The third-order valence-electron chi connectivity index (χ3n) is 20.9. The van der Waals surface area contributed by atoms with E-state index in [2.05, 4.69) is 15.7 Å². The molecule has 21 heteroatoms. The van der Waals surface area contributed by atoms with Crippen LogP contribution in [0.5, 0.6) is 17.2 Å². The number of aryl methyl sites for hydroxylation is 4. The number of fused-ring (bicyclic) bond motifs is 12. The first kappa shape index (κ1) is 68.7. The normalized spacial score (nSPS) is 17.2. The number of carbonyl (C=O) groups is 3. The van der Waals surface area contributed by atoms with Gasteiger partial charge >= 0.3 is 0 Å². The molecule has 9 heterocycles. The summed E-state index contributed by atoms with van der Waals surface area (Å²) in [5.41, 5.74) is 8.86. The Morgan fingerprint density at radius 3 is 1.78 bits per heavy atom. The van der Waals surface area contributed by atoms with Crippen LogP contribution in [0.1, 0.15) is 159 Å². The number of carbonyl (C=O) groups excluding carboxylic acids is 3. The molecule has 0 saturated carbocycles. The Labute approximate surface area is 586 Å². The summed E-state index contributed by atoms with van der Waals surface area (Å²) in [6.45, 7) is 16.7. The molecule has 19 nitrogen and oxygen atoms in total. The van der Waals surface area contributed by atoms with Crippen molar-refractivity contribution in [2.75, 3.05) is 45.9 Å². The Balaban J connectivity index is 0.000000164. The fraction of sp³-hybridized carbons (Fsp3) is 0.354. The lowest BCUT2D eigenvalue weighted by atomic mass is 9.81. The van der Waals surface area contributed by atoms with Crippen molar-refractivity contribution in [3.63, 3.8) is 0 Å². The van der Waals surface area contributed by atoms with Gasteiger partial charge in [-0.1, -0.05) is 36.4 Å². The Hall–Kier alpha value is -9.85. The number of halogens is 1. The maximum absolute atomic E-state index is 13.9. The fourth-order valence-electron chi connectivity index (χ4n) is 15.4. The zero-order valence-corrected chi connectivity index (χ0v) is 58.6. The highest BCUT2D eigenvalue weighted by atomic mass is 32.2. The SMILES string of the molecule is Cc1cc(C(=O)N2CCC3(CC2)Oc2cc(F)ccc2-n2cccc23)ccc1C(C)(C)O.Cc1cc(C(=O)N2CCC3(CC2)Oc2ccccc2-n2c(C#N)ccc23)ccc1[C@](C)(O)CO.Cc1cc(S(=O)(=O)C(C)C)ccc1C(=O)N1CCC2(CC1)Oc1ccccc1-c1c2cnn1C.[HH].[HH].[HH]. The van der Waals surface area contributed by atoms with Crippen molar-refractivity contribution in [3.05, 3.63) is 231 Å². The molecular weight excluding hydrogens is 1290 g/mol. The second kappa shape index (κ2) is 26.0. The van der Waals surface area contributed by atoms with Gasteiger partial charge in [0.1, 0.15) is 46.0 Å². The molecule has 15 rings (SSSR count). The molecule has 0 bridgehead atoms. The van der Waals surface area contributed by atoms with Crippen molar-refractivity contribution in [3.8, 4) is 45.9 Å². The average Bonchev–Trinajstić information content (AvgIpc) is 1.74. The van der Waals surface area contributed by atoms with Crippen molar-refractivity contribution < 1.29 is 61.0 Å². The predicted octanol–water partition coefficient (Wildman–Crippen LogP) is 12.9. The molecule has 6 aliphatic heterocycles. The minimum Gasteiger partial charge on any atom is -0.482 e. The van der Waals surface area contributed by atoms with E-state index in [0.717, 1.165) is 67.8 Å². The van der Waals surface area contributed by atoms with Crippen molar-refractivity contribution in [1.82, 2.24) is 33.6 Å². The first-order chi connectivity index (χ1) is 47.6. The fourth-order valence-corrected chi connectivity index (χ4v) is 16.5. The number of rotatable bonds is 8. The van der Waals surface area contributed by atoms with Gasteiger partial charge < -0.3 is 48.8 Å². The van der Waals surface area contributed by atoms with Gasteiger partial charge in [-0.25, -0.2) is 12.8 Å². The van der Waals surface area contributed by atoms with Gasteiger partial charge in [0, 0.05) is 129 Å². The molecule has 100 heavy (non-hydrogen) atoms. The molecular formula is C79H89FN8O11S. The van der Waals surface area contributed by atoms with E-state index in [-0.39, 0.29) is 32.7 Å². The number of aliphatic hydroxyl groups is 3. The summed E-state index contributed by atoms with van der Waals surface area (Å²) >= 11 is 0. The number of amides is 3. The zero-order valence-electron chi connectivity index (χ0n) is 57.8. The highest BCUT2D eigenvalue weighted by Crippen LogP contribution is 2.51. The molecule has 3 spiro atoms. The lowest BCUT2D eigenvalue weighted by Gasteiger charge is -2.45. The van der Waals surface area contributed by atoms with E-state index in [1.54, 1.807) is 90.1 Å². The van der Waals surface area contributed by atoms with E-state index in [0.29, 0.717) is 117 Å². The lowest BCUT2D eigenvalue weighted by molar-refractivity contribution is -0.00994. The number of ether oxygens (including phenoxy) is 3. The molecule has 0 unspecified atom stereocenters. The van der Waals surface area contributed by atoms with Crippen molar-refractivity contribution in [2.24, 2.45) is 7.05 Å². The number of likely N-dealkylation sites (tertiary alicyclic amines) is 3. The maximum atomic E-state index is 13.9. The standard InChI is InChI=1S/C27H27N3O4.C26H27FN2O3.C26H29N3O4S.3H2/c1-18-15-19(7-9-21(18)26(2,33)17-31)25(32)29-13-11-27(12-14-29)24-10-8-20(16-28)30(24)22-5-3-4-6-23(22)34-27;1-17-15-18(6-8-20(17)25(2,3)31)24(30)28-13-10-26(11-14-28)23-5-4-12-29(23)21-9-7-19(27)16-22(21)32-26;1-17(2)34(31,32)19-9-10-20(18(3)15-19)25(30)29-13-11-26(12-14-29)22-16-27-28(4)24(22)21-7-5-6-8-23(21)33-26;;;/h3-10,15,31,33H,11-14,17H2,1-2H3;4-9,12,15-16,31H,10-11,13-14H2,1-3H3;5-10,15-17H,11-14H2,1-4H3;3*1H/t26-;;;;;/m1...../s1. The van der Waals surface area contributed by atoms with Gasteiger partial charge in [-0.2, -0.15) is 10.4 Å². The molecule has 6 aromatic carbocycles. The number of hydrogen-bond acceptors (Lipinski definition) is 13. The molecule has 9 aromatic rings. The number of hydrogen-bond donors (Lipinski definition) is 3. The average molecular weight is 1380 g/mol. The van der Waals surface area contributed by atoms with Crippen LogP contribution >= 0.6 is 0 Å². The number of aliphatic hydroxyl groups excluding tert-OH is 1. The van der Waals surface area contributed by atoms with E-state index >= 15 is 0 Å². The van der Waals surface area contributed by atoms with Crippen LogP contribution in [0.25, 0.3) is 22.6 Å². The van der Waals surface area contributed by atoms with Crippen LogP contribution < -0.4 is 14.2 Å². The van der Waals surface area contributed by atoms with Crippen molar-refractivity contribution in [2.45, 2.75) is 132 Å². The minimum atomic E-state index is -3.39. The van der Waals surface area contributed by atoms with Crippen LogP contribution in [0.3, 0.4) is 0 Å². The largest absolute Gasteiger partial charge is 0.482 e. The molecule has 6 aliphatic rings. The van der Waals surface area contributed by atoms with Gasteiger partial charge in [-0.05, 0) is 186 Å². The summed E-state index contributed by atoms with van der Waals surface area (Å²) in [6.07, 6.45) is 7.65. The van der Waals surface area contributed by atoms with Crippen LogP contribution in [0, 0.1) is 37.9 Å². The van der Waals surface area contributed by atoms with Gasteiger partial charge in [0.25, 0.3) is 17.7 Å². The minimum absolute atomic E-state index is 0. The quantitative estimate of drug-likeness (QED) is 0.129. The predicted molar refractivity (Wildman–Crippen MR) is 381 cm³/mol. The highest BCUT2D eigenvalue weighted by Gasteiger charge is 2.49. The van der Waals surface area contributed by atoms with Crippen LogP contribution in [-0.4, -0.2) is 126 Å². The number of sulfone groups is 1. The molecule has 1 atom stereocenters. The van der Waals surface area contributed by atoms with E-state index in [1.807, 2.05) is 142 Å². The number of nitriles is 1. The summed E-state index contributed by atoms with van der Waals surface area (Å²) in [4.78, 5) is 45.6. The van der Waals surface area contributed by atoms with E-state index in [1.165, 1.54) is 12.1 Å². The van der Waals surface area contributed by atoms with Gasteiger partial charge in [0.2, 0.25) is 0 Å². The molecule has 3 aromatic heterocycles. The first-order valence-corrected chi connectivity index (χ1v) is 35.5. The summed E-state index contributed by atoms with van der Waals surface area (Å²) < 4.78 is 64.4. The molecule has 3 saturated heterocycles. The van der Waals surface area contributed by atoms with Crippen LogP contribution in [0.15, 0.2) is 163 Å². The van der Waals surface area contributed by atoms with Gasteiger partial charge in [-0.3, -0.25) is 23.6 Å². The molecule has 0 radical (unpaired) electrons. The molecule has 3 amide bonds. The highest BCUT2D eigenvalue weighted by molar-refractivity contribution is 7.92. The maximum Gasteiger partial charge on any atom is 0.254 e. The van der Waals surface area contributed by atoms with E-state index in [4.69, 9.17) is 14.2 Å². The number of piperidine rings is 3. The van der Waals surface area contributed by atoms with Crippen LogP contribution in [0.2, 0.25) is 0 Å². The Bertz CT molecular complexity index is 4870. The third kappa shape index (κ3) is 12.2. The van der Waals surface area contributed by atoms with E-state index < -0.39 is 49.7 Å². The van der Waals surface area contributed by atoms with E-state index in [9.17, 15) is 47.8 Å². The Kier molecular flexibility index (Phi) is 17.9. The van der Waals surface area contributed by atoms with Gasteiger partial charge in [0.15, 0.2) is 21.0 Å². The lowest BCUT2D eigenvalue weighted by Crippen LogP contribution is -2.50. The number of benzene rings is 6. The smallest absolute Gasteiger partial charge is 0.254 e. The molecule has 3 fully saturated rings. The summed E-state index contributed by atoms with van der Waals surface area (Å²) in [6, 6.07) is 45.9. The number of nitrogens with zero attached hydrogens (tertiary/aromatic N) is 8. The van der Waals surface area contributed by atoms with Gasteiger partial charge in [-0.15, -0.1) is 0 Å². The second-order valence-corrected chi connectivity index (χ2v) is 30.7. The summed E-state index contributed by atoms with van der Waals surface area (Å²) in [5.74, 6) is 1.61. The van der Waals surface area contributed by atoms with Crippen LogP contribution in [-0.2, 0) is 44.9 Å². The molecule has 0 aliphatic carbocycles. The Morgan fingerprint density at radius 1 is 0.630 bits per heavy atom. The Morgan fingerprint density at radius 2 is 1.19 bits per heavy atom. The molecule has 524 valence electrons. The van der Waals surface area contributed by atoms with Crippen molar-refractivity contribution in [1.29, 1.82) is 5.26 Å². The zero-order chi connectivity index (χ0) is 71.0. The molecule has 3 N–H and O–H groups in total. The van der Waals surface area contributed by atoms with Gasteiger partial charge in [0.05, 0.1) is 57.0 Å². The number of aromatic nitrogens is 4. The first-order valence-electron chi connectivity index (χ1n) is 34.0. The van der Waals surface area contributed by atoms with Crippen molar-refractivity contribution >= 4 is 27.6 Å². The van der Waals surface area contributed by atoms with Crippen LogP contribution in [0.4, 0.5) is 4.39 Å².